The summed E-state index contributed by atoms with van der Waals surface area (Å²) in [6, 6.07) is 20.6. The van der Waals surface area contributed by atoms with Gasteiger partial charge < -0.3 is 10.1 Å². The van der Waals surface area contributed by atoms with E-state index >= 15 is 0 Å². The van der Waals surface area contributed by atoms with Crippen LogP contribution in [0.25, 0.3) is 16.6 Å². The molecule has 3 aromatic carbocycles. The van der Waals surface area contributed by atoms with Crippen molar-refractivity contribution in [1.29, 1.82) is 5.53 Å². The van der Waals surface area contributed by atoms with Gasteiger partial charge in [0.05, 0.1) is 16.2 Å². The summed E-state index contributed by atoms with van der Waals surface area (Å²) in [5, 5.41) is 8.08. The monoisotopic (exact) mass is 544 g/mol. The molecule has 154 valence electrons. The Morgan fingerprint density at radius 3 is 2.65 bits per heavy atom. The van der Waals surface area contributed by atoms with Gasteiger partial charge in [-0.15, -0.1) is 0 Å². The third-order valence-corrected chi connectivity index (χ3v) is 5.95. The van der Waals surface area contributed by atoms with Gasteiger partial charge in [-0.1, -0.05) is 17.7 Å². The number of ether oxygens (including phenoxy) is 1. The van der Waals surface area contributed by atoms with Crippen LogP contribution in [0.3, 0.4) is 0 Å². The van der Waals surface area contributed by atoms with E-state index in [9.17, 15) is 4.39 Å². The normalized spacial score (nSPS) is 11.4. The number of halogens is 3. The first kappa shape index (κ1) is 21.2. The SMILES string of the molecule is N=N/C(=C\Nc1ccc(F)cc1)c1ccc2c(Oc3ccc(Cl)c(I)c3)cccc2n1. The molecule has 0 aliphatic carbocycles. The van der Waals surface area contributed by atoms with E-state index < -0.39 is 0 Å². The Bertz CT molecular complexity index is 1290. The standard InChI is InChI=1S/C23H15ClFIN4O/c24-18-10-8-16(12-19(18)26)31-23-3-1-2-20-17(23)9-11-21(29-20)22(30-27)13-28-15-6-4-14(25)5-7-15/h1-13,27-28H/b22-13-,30-27?. The van der Waals surface area contributed by atoms with E-state index in [1.165, 1.54) is 12.1 Å². The van der Waals surface area contributed by atoms with Gasteiger partial charge in [0.15, 0.2) is 0 Å². The van der Waals surface area contributed by atoms with Gasteiger partial charge >= 0.3 is 0 Å². The maximum atomic E-state index is 13.1. The van der Waals surface area contributed by atoms with Crippen molar-refractivity contribution in [2.45, 2.75) is 0 Å². The molecule has 0 fully saturated rings. The third kappa shape index (κ3) is 5.00. The number of pyridine rings is 1. The Balaban J connectivity index is 1.62. The average molecular weight is 545 g/mol. The Morgan fingerprint density at radius 1 is 1.10 bits per heavy atom. The zero-order valence-electron chi connectivity index (χ0n) is 15.9. The predicted molar refractivity (Wildman–Crippen MR) is 129 cm³/mol. The van der Waals surface area contributed by atoms with Crippen LogP contribution >= 0.6 is 34.2 Å². The number of anilines is 1. The lowest BCUT2D eigenvalue weighted by Crippen LogP contribution is -1.94. The molecule has 0 spiro atoms. The van der Waals surface area contributed by atoms with E-state index in [0.29, 0.717) is 39.1 Å². The number of nitrogens with zero attached hydrogens (tertiary/aromatic N) is 2. The molecule has 0 unspecified atom stereocenters. The number of aromatic nitrogens is 1. The molecule has 0 amide bonds. The number of benzene rings is 3. The smallest absolute Gasteiger partial charge is 0.136 e. The van der Waals surface area contributed by atoms with E-state index in [2.05, 4.69) is 38.0 Å². The first-order chi connectivity index (χ1) is 15.0. The van der Waals surface area contributed by atoms with Crippen molar-refractivity contribution in [3.8, 4) is 11.5 Å². The second kappa shape index (κ2) is 9.40. The average Bonchev–Trinajstić information content (AvgIpc) is 2.78. The highest BCUT2D eigenvalue weighted by Gasteiger charge is 2.09. The van der Waals surface area contributed by atoms with E-state index in [0.717, 1.165) is 8.96 Å². The molecule has 2 N–H and O–H groups in total. The molecule has 4 aromatic rings. The maximum absolute atomic E-state index is 13.1. The summed E-state index contributed by atoms with van der Waals surface area (Å²) in [5.74, 6) is 1.02. The van der Waals surface area contributed by atoms with E-state index in [1.807, 2.05) is 36.4 Å². The molecular formula is C23H15ClFIN4O. The van der Waals surface area contributed by atoms with Crippen LogP contribution in [0.2, 0.25) is 5.02 Å². The minimum atomic E-state index is -0.317. The molecule has 8 heteroatoms. The lowest BCUT2D eigenvalue weighted by molar-refractivity contribution is 0.488. The Kier molecular flexibility index (Phi) is 6.43. The molecular weight excluding hydrogens is 530 g/mol. The predicted octanol–water partition coefficient (Wildman–Crippen LogP) is 7.87. The van der Waals surface area contributed by atoms with E-state index in [-0.39, 0.29) is 5.82 Å². The summed E-state index contributed by atoms with van der Waals surface area (Å²) < 4.78 is 20.0. The van der Waals surface area contributed by atoms with Crippen LogP contribution in [0.15, 0.2) is 84.1 Å². The summed E-state index contributed by atoms with van der Waals surface area (Å²) in [5.41, 5.74) is 9.76. The van der Waals surface area contributed by atoms with Gasteiger partial charge in [-0.2, -0.15) is 5.11 Å². The lowest BCUT2D eigenvalue weighted by atomic mass is 10.1. The molecule has 0 aliphatic rings. The molecule has 31 heavy (non-hydrogen) atoms. The number of hydrogen-bond donors (Lipinski definition) is 2. The number of hydrogen-bond acceptors (Lipinski definition) is 5. The summed E-state index contributed by atoms with van der Waals surface area (Å²) in [6.45, 7) is 0. The minimum Gasteiger partial charge on any atom is -0.457 e. The quantitative estimate of drug-likeness (QED) is 0.192. The highest BCUT2D eigenvalue weighted by molar-refractivity contribution is 14.1. The van der Waals surface area contributed by atoms with Crippen LogP contribution in [0.5, 0.6) is 11.5 Å². The van der Waals surface area contributed by atoms with Crippen molar-refractivity contribution in [3.05, 3.63) is 99.1 Å². The summed E-state index contributed by atoms with van der Waals surface area (Å²) >= 11 is 8.24. The van der Waals surface area contributed by atoms with Gasteiger partial charge in [0.1, 0.15) is 23.0 Å². The van der Waals surface area contributed by atoms with Gasteiger partial charge in [0.25, 0.3) is 0 Å². The number of nitrogens with one attached hydrogen (secondary N) is 2. The van der Waals surface area contributed by atoms with Crippen LogP contribution in [-0.4, -0.2) is 4.98 Å². The minimum absolute atomic E-state index is 0.317. The van der Waals surface area contributed by atoms with Crippen LogP contribution in [-0.2, 0) is 0 Å². The van der Waals surface area contributed by atoms with Crippen LogP contribution in [0.4, 0.5) is 10.1 Å². The molecule has 0 bridgehead atoms. The van der Waals surface area contributed by atoms with Crippen molar-refractivity contribution in [2.24, 2.45) is 5.11 Å². The fraction of sp³-hybridized carbons (Fsp3) is 0. The van der Waals surface area contributed by atoms with Crippen molar-refractivity contribution >= 4 is 56.5 Å². The molecule has 1 heterocycles. The Hall–Kier alpha value is -3.04. The molecule has 0 radical (unpaired) electrons. The van der Waals surface area contributed by atoms with Gasteiger partial charge in [-0.25, -0.2) is 14.9 Å². The van der Waals surface area contributed by atoms with Gasteiger partial charge in [0.2, 0.25) is 0 Å². The first-order valence-electron chi connectivity index (χ1n) is 9.16. The van der Waals surface area contributed by atoms with Gasteiger partial charge in [0, 0.05) is 20.8 Å². The van der Waals surface area contributed by atoms with Crippen molar-refractivity contribution in [2.75, 3.05) is 5.32 Å². The summed E-state index contributed by atoms with van der Waals surface area (Å²) in [6.07, 6.45) is 1.56. The number of fused-ring (bicyclic) bond motifs is 1. The van der Waals surface area contributed by atoms with E-state index in [4.69, 9.17) is 21.9 Å². The Labute approximate surface area is 196 Å². The molecule has 0 atom stereocenters. The molecule has 0 saturated heterocycles. The zero-order valence-corrected chi connectivity index (χ0v) is 18.9. The molecule has 4 rings (SSSR count). The largest absolute Gasteiger partial charge is 0.457 e. The molecule has 0 aliphatic heterocycles. The Morgan fingerprint density at radius 2 is 1.90 bits per heavy atom. The van der Waals surface area contributed by atoms with Crippen molar-refractivity contribution in [1.82, 2.24) is 4.98 Å². The fourth-order valence-electron chi connectivity index (χ4n) is 2.89. The highest BCUT2D eigenvalue weighted by atomic mass is 127. The van der Waals surface area contributed by atoms with Gasteiger partial charge in [-0.05, 0) is 89.3 Å². The van der Waals surface area contributed by atoms with Crippen molar-refractivity contribution in [3.63, 3.8) is 0 Å². The zero-order chi connectivity index (χ0) is 21.8. The third-order valence-electron chi connectivity index (χ3n) is 4.41. The highest BCUT2D eigenvalue weighted by Crippen LogP contribution is 2.32. The second-order valence-corrected chi connectivity index (χ2v) is 8.06. The maximum Gasteiger partial charge on any atom is 0.136 e. The second-order valence-electron chi connectivity index (χ2n) is 6.49. The van der Waals surface area contributed by atoms with Crippen molar-refractivity contribution < 1.29 is 9.13 Å². The molecule has 5 nitrogen and oxygen atoms in total. The fourth-order valence-corrected chi connectivity index (χ4v) is 3.49. The van der Waals surface area contributed by atoms with Crippen LogP contribution < -0.4 is 10.1 Å². The lowest BCUT2D eigenvalue weighted by Gasteiger charge is -2.10. The van der Waals surface area contributed by atoms with E-state index in [1.54, 1.807) is 30.5 Å². The first-order valence-corrected chi connectivity index (χ1v) is 10.6. The summed E-state index contributed by atoms with van der Waals surface area (Å²) in [4.78, 5) is 4.62. The number of rotatable bonds is 6. The molecule has 1 aromatic heterocycles. The van der Waals surface area contributed by atoms with Crippen LogP contribution in [0, 0.1) is 14.9 Å². The van der Waals surface area contributed by atoms with Crippen LogP contribution in [0.1, 0.15) is 5.69 Å². The molecule has 0 saturated carbocycles. The topological polar surface area (TPSA) is 70.4 Å². The van der Waals surface area contributed by atoms with Gasteiger partial charge in [-0.3, -0.25) is 0 Å². The summed E-state index contributed by atoms with van der Waals surface area (Å²) in [7, 11) is 0.